The van der Waals surface area contributed by atoms with Gasteiger partial charge < -0.3 is 5.73 Å². The summed E-state index contributed by atoms with van der Waals surface area (Å²) in [5.74, 6) is 0.752. The summed E-state index contributed by atoms with van der Waals surface area (Å²) >= 11 is 1.75. The summed E-state index contributed by atoms with van der Waals surface area (Å²) in [4.78, 5) is 4.78. The first-order chi connectivity index (χ1) is 9.65. The van der Waals surface area contributed by atoms with Crippen molar-refractivity contribution in [1.82, 2.24) is 4.98 Å². The molecule has 2 aromatic rings. The Morgan fingerprint density at radius 1 is 1.35 bits per heavy atom. The standard InChI is InChI=1S/C17H22N2S/c1-13-6-5-9-17(18,10-13)11-16-19-15(12-20-16)14-7-3-2-4-8-14/h2-4,7-8,12-13H,5-6,9-11,18H2,1H3. The Hall–Kier alpha value is -1.19. The van der Waals surface area contributed by atoms with E-state index in [1.54, 1.807) is 11.3 Å². The van der Waals surface area contributed by atoms with Gasteiger partial charge in [-0.3, -0.25) is 0 Å². The third-order valence-electron chi connectivity index (χ3n) is 4.25. The number of rotatable bonds is 3. The van der Waals surface area contributed by atoms with Crippen LogP contribution in [0.2, 0.25) is 0 Å². The number of thiazole rings is 1. The van der Waals surface area contributed by atoms with Crippen LogP contribution in [0.1, 0.15) is 37.6 Å². The molecule has 1 aromatic carbocycles. The van der Waals surface area contributed by atoms with Crippen LogP contribution in [0.25, 0.3) is 11.3 Å². The highest BCUT2D eigenvalue weighted by Gasteiger charge is 2.32. The van der Waals surface area contributed by atoms with Crippen LogP contribution in [0.4, 0.5) is 0 Å². The first kappa shape index (κ1) is 13.8. The van der Waals surface area contributed by atoms with Gasteiger partial charge in [-0.2, -0.15) is 0 Å². The molecule has 1 aliphatic carbocycles. The molecule has 3 rings (SSSR count). The van der Waals surface area contributed by atoms with Crippen molar-refractivity contribution in [3.8, 4) is 11.3 Å². The van der Waals surface area contributed by atoms with E-state index in [-0.39, 0.29) is 5.54 Å². The van der Waals surface area contributed by atoms with E-state index in [1.807, 2.05) is 6.07 Å². The van der Waals surface area contributed by atoms with Crippen molar-refractivity contribution in [2.75, 3.05) is 0 Å². The lowest BCUT2D eigenvalue weighted by molar-refractivity contribution is 0.235. The Kier molecular flexibility index (Phi) is 3.90. The molecule has 1 heterocycles. The van der Waals surface area contributed by atoms with Gasteiger partial charge in [-0.05, 0) is 18.8 Å². The highest BCUT2D eigenvalue weighted by Crippen LogP contribution is 2.34. The van der Waals surface area contributed by atoms with Crippen LogP contribution in [0.3, 0.4) is 0 Å². The average Bonchev–Trinajstić information content (AvgIpc) is 2.87. The SMILES string of the molecule is CC1CCCC(N)(Cc2nc(-c3ccccc3)cs2)C1. The lowest BCUT2D eigenvalue weighted by atomic mass is 9.75. The van der Waals surface area contributed by atoms with Crippen molar-refractivity contribution in [1.29, 1.82) is 0 Å². The zero-order chi connectivity index (χ0) is 14.0. The van der Waals surface area contributed by atoms with E-state index in [0.29, 0.717) is 0 Å². The van der Waals surface area contributed by atoms with E-state index in [2.05, 4.69) is 36.6 Å². The molecule has 1 saturated carbocycles. The molecule has 2 nitrogen and oxygen atoms in total. The van der Waals surface area contributed by atoms with Gasteiger partial charge in [-0.1, -0.05) is 50.1 Å². The van der Waals surface area contributed by atoms with Gasteiger partial charge >= 0.3 is 0 Å². The third-order valence-corrected chi connectivity index (χ3v) is 5.10. The van der Waals surface area contributed by atoms with Crippen LogP contribution in [-0.2, 0) is 6.42 Å². The van der Waals surface area contributed by atoms with Crippen LogP contribution >= 0.6 is 11.3 Å². The Balaban J connectivity index is 1.74. The predicted molar refractivity (Wildman–Crippen MR) is 85.8 cm³/mol. The fourth-order valence-corrected chi connectivity index (χ4v) is 4.25. The minimum Gasteiger partial charge on any atom is -0.325 e. The Bertz CT molecular complexity index is 563. The van der Waals surface area contributed by atoms with E-state index >= 15 is 0 Å². The fraction of sp³-hybridized carbons (Fsp3) is 0.471. The molecule has 106 valence electrons. The van der Waals surface area contributed by atoms with Crippen LogP contribution in [0.5, 0.6) is 0 Å². The molecule has 1 aromatic heterocycles. The molecule has 1 fully saturated rings. The lowest BCUT2D eigenvalue weighted by Gasteiger charge is -2.36. The molecular weight excluding hydrogens is 264 g/mol. The van der Waals surface area contributed by atoms with Gasteiger partial charge in [0.25, 0.3) is 0 Å². The van der Waals surface area contributed by atoms with Gasteiger partial charge in [0.2, 0.25) is 0 Å². The molecule has 1 aliphatic rings. The van der Waals surface area contributed by atoms with Crippen molar-refractivity contribution in [3.05, 3.63) is 40.7 Å². The van der Waals surface area contributed by atoms with Crippen molar-refractivity contribution in [2.45, 2.75) is 44.6 Å². The summed E-state index contributed by atoms with van der Waals surface area (Å²) in [5, 5.41) is 3.33. The van der Waals surface area contributed by atoms with Gasteiger partial charge in [0.15, 0.2) is 0 Å². The molecule has 20 heavy (non-hydrogen) atoms. The van der Waals surface area contributed by atoms with E-state index in [9.17, 15) is 0 Å². The summed E-state index contributed by atoms with van der Waals surface area (Å²) < 4.78 is 0. The molecule has 2 atom stereocenters. The number of hydrogen-bond donors (Lipinski definition) is 1. The number of aromatic nitrogens is 1. The van der Waals surface area contributed by atoms with Crippen molar-refractivity contribution in [2.24, 2.45) is 11.7 Å². The molecule has 0 aliphatic heterocycles. The summed E-state index contributed by atoms with van der Waals surface area (Å²) in [5.41, 5.74) is 8.83. The van der Waals surface area contributed by atoms with Gasteiger partial charge in [-0.25, -0.2) is 4.98 Å². The molecule has 0 amide bonds. The second kappa shape index (κ2) is 5.66. The van der Waals surface area contributed by atoms with E-state index in [1.165, 1.54) is 23.4 Å². The van der Waals surface area contributed by atoms with Crippen LogP contribution in [0, 0.1) is 5.92 Å². The molecule has 0 bridgehead atoms. The summed E-state index contributed by atoms with van der Waals surface area (Å²) in [7, 11) is 0. The Morgan fingerprint density at radius 3 is 2.90 bits per heavy atom. The summed E-state index contributed by atoms with van der Waals surface area (Å²) in [6, 6.07) is 10.4. The first-order valence-electron chi connectivity index (χ1n) is 7.43. The van der Waals surface area contributed by atoms with Gasteiger partial charge in [0, 0.05) is 22.9 Å². The molecule has 2 N–H and O–H groups in total. The molecule has 0 radical (unpaired) electrons. The number of hydrogen-bond acceptors (Lipinski definition) is 3. The van der Waals surface area contributed by atoms with Gasteiger partial charge in [0.1, 0.15) is 0 Å². The van der Waals surface area contributed by atoms with Crippen molar-refractivity contribution in [3.63, 3.8) is 0 Å². The lowest BCUT2D eigenvalue weighted by Crippen LogP contribution is -2.45. The maximum Gasteiger partial charge on any atom is 0.0950 e. The quantitative estimate of drug-likeness (QED) is 0.915. The first-order valence-corrected chi connectivity index (χ1v) is 8.31. The highest BCUT2D eigenvalue weighted by molar-refractivity contribution is 7.09. The number of benzene rings is 1. The zero-order valence-corrected chi connectivity index (χ0v) is 12.8. The smallest absolute Gasteiger partial charge is 0.0950 e. The second-order valence-corrected chi connectivity index (χ2v) is 7.18. The maximum atomic E-state index is 6.60. The predicted octanol–water partition coefficient (Wildman–Crippen LogP) is 4.26. The second-order valence-electron chi connectivity index (χ2n) is 6.23. The minimum absolute atomic E-state index is 0.0382. The molecule has 2 unspecified atom stereocenters. The van der Waals surface area contributed by atoms with E-state index in [0.717, 1.165) is 30.9 Å². The number of nitrogens with two attached hydrogens (primary N) is 1. The largest absolute Gasteiger partial charge is 0.325 e. The molecule has 3 heteroatoms. The molecular formula is C17H22N2S. The average molecular weight is 286 g/mol. The van der Waals surface area contributed by atoms with E-state index < -0.39 is 0 Å². The maximum absolute atomic E-state index is 6.60. The van der Waals surface area contributed by atoms with Gasteiger partial charge in [-0.15, -0.1) is 11.3 Å². The summed E-state index contributed by atoms with van der Waals surface area (Å²) in [6.07, 6.45) is 5.78. The number of nitrogens with zero attached hydrogens (tertiary/aromatic N) is 1. The molecule has 0 spiro atoms. The van der Waals surface area contributed by atoms with Gasteiger partial charge in [0.05, 0.1) is 10.7 Å². The Morgan fingerprint density at radius 2 is 2.15 bits per heavy atom. The minimum atomic E-state index is -0.0382. The summed E-state index contributed by atoms with van der Waals surface area (Å²) in [6.45, 7) is 2.32. The Labute approximate surface area is 125 Å². The van der Waals surface area contributed by atoms with Crippen molar-refractivity contribution >= 4 is 11.3 Å². The fourth-order valence-electron chi connectivity index (χ4n) is 3.30. The molecule has 0 saturated heterocycles. The van der Waals surface area contributed by atoms with Crippen LogP contribution in [-0.4, -0.2) is 10.5 Å². The monoisotopic (exact) mass is 286 g/mol. The highest BCUT2D eigenvalue weighted by atomic mass is 32.1. The van der Waals surface area contributed by atoms with Crippen LogP contribution < -0.4 is 5.73 Å². The zero-order valence-electron chi connectivity index (χ0n) is 12.0. The normalized spacial score (nSPS) is 26.6. The topological polar surface area (TPSA) is 38.9 Å². The van der Waals surface area contributed by atoms with Crippen molar-refractivity contribution < 1.29 is 0 Å². The van der Waals surface area contributed by atoms with E-state index in [4.69, 9.17) is 10.7 Å². The van der Waals surface area contributed by atoms with Crippen LogP contribution in [0.15, 0.2) is 35.7 Å². The third kappa shape index (κ3) is 3.10.